The van der Waals surface area contributed by atoms with Gasteiger partial charge in [0, 0.05) is 25.5 Å². The van der Waals surface area contributed by atoms with Crippen molar-refractivity contribution >= 4 is 17.5 Å². The number of hydrogen-bond donors (Lipinski definition) is 2. The molecular weight excluding hydrogens is 422 g/mol. The molecule has 33 heavy (non-hydrogen) atoms. The number of amides is 2. The summed E-state index contributed by atoms with van der Waals surface area (Å²) in [6, 6.07) is 7.59. The molecule has 0 spiro atoms. The van der Waals surface area contributed by atoms with E-state index in [0.29, 0.717) is 24.7 Å². The molecule has 10 heteroatoms. The van der Waals surface area contributed by atoms with E-state index in [9.17, 15) is 9.59 Å². The number of rotatable bonds is 8. The number of para-hydroxylation sites is 1. The number of anilines is 1. The van der Waals surface area contributed by atoms with Crippen LogP contribution in [0.2, 0.25) is 0 Å². The molecule has 4 rings (SSSR count). The fraction of sp³-hybridized carbons (Fsp3) is 0.478. The molecular formula is C23H29N7O3. The zero-order valence-electron chi connectivity index (χ0n) is 18.8. The van der Waals surface area contributed by atoms with Crippen molar-refractivity contribution in [3.05, 3.63) is 54.2 Å². The van der Waals surface area contributed by atoms with Crippen molar-refractivity contribution in [3.8, 4) is 0 Å². The molecule has 2 N–H and O–H groups in total. The van der Waals surface area contributed by atoms with Crippen molar-refractivity contribution in [3.63, 3.8) is 0 Å². The topological polar surface area (TPSA) is 128 Å². The van der Waals surface area contributed by atoms with Crippen LogP contribution < -0.4 is 10.6 Å². The molecule has 2 heterocycles. The van der Waals surface area contributed by atoms with Gasteiger partial charge in [-0.15, -0.1) is 0 Å². The molecule has 3 aromatic rings. The molecule has 0 bridgehead atoms. The van der Waals surface area contributed by atoms with Crippen LogP contribution in [-0.4, -0.2) is 36.7 Å². The van der Waals surface area contributed by atoms with Crippen molar-refractivity contribution in [2.75, 3.05) is 5.32 Å². The number of benzene rings is 1. The molecule has 174 valence electrons. The highest BCUT2D eigenvalue weighted by Crippen LogP contribution is 2.34. The Morgan fingerprint density at radius 2 is 1.94 bits per heavy atom. The molecule has 2 amide bonds. The summed E-state index contributed by atoms with van der Waals surface area (Å²) in [7, 11) is 0. The Morgan fingerprint density at radius 1 is 1.15 bits per heavy atom. The van der Waals surface area contributed by atoms with Crippen molar-refractivity contribution in [2.24, 2.45) is 0 Å². The van der Waals surface area contributed by atoms with Gasteiger partial charge >= 0.3 is 0 Å². The summed E-state index contributed by atoms with van der Waals surface area (Å²) < 4.78 is 7.15. The summed E-state index contributed by atoms with van der Waals surface area (Å²) in [4.78, 5) is 33.0. The molecule has 1 aliphatic rings. The molecule has 1 saturated carbocycles. The van der Waals surface area contributed by atoms with Crippen LogP contribution in [0.1, 0.15) is 69.1 Å². The van der Waals surface area contributed by atoms with E-state index in [1.54, 1.807) is 11.0 Å². The van der Waals surface area contributed by atoms with Gasteiger partial charge in [-0.3, -0.25) is 9.59 Å². The van der Waals surface area contributed by atoms with E-state index >= 15 is 0 Å². The first-order valence-corrected chi connectivity index (χ1v) is 11.4. The number of nitrogens with one attached hydrogen (secondary N) is 2. The number of carbonyl (C=O) groups is 2. The molecule has 1 aromatic carbocycles. The average Bonchev–Trinajstić information content (AvgIpc) is 3.43. The molecule has 2 aromatic heterocycles. The van der Waals surface area contributed by atoms with Crippen LogP contribution in [0.15, 0.2) is 41.4 Å². The molecule has 0 radical (unpaired) electrons. The van der Waals surface area contributed by atoms with E-state index in [1.807, 2.05) is 24.3 Å². The second kappa shape index (κ2) is 10.4. The van der Waals surface area contributed by atoms with Crippen LogP contribution in [0.3, 0.4) is 0 Å². The summed E-state index contributed by atoms with van der Waals surface area (Å²) in [6.45, 7) is 2.02. The van der Waals surface area contributed by atoms with E-state index < -0.39 is 5.54 Å². The van der Waals surface area contributed by atoms with E-state index in [-0.39, 0.29) is 18.2 Å². The van der Waals surface area contributed by atoms with Crippen LogP contribution in [0, 0.1) is 0 Å². The SMILES string of the molecule is CC(=O)NC1(c2noc(CCC(=O)Nc3ccccc3Cn3cncn3)n2)CCCCCC1. The third-order valence-corrected chi connectivity index (χ3v) is 5.92. The van der Waals surface area contributed by atoms with E-state index in [1.165, 1.54) is 13.3 Å². The summed E-state index contributed by atoms with van der Waals surface area (Å²) in [6.07, 6.45) is 9.46. The zero-order valence-corrected chi connectivity index (χ0v) is 18.8. The Morgan fingerprint density at radius 3 is 2.67 bits per heavy atom. The Bertz CT molecular complexity index is 1070. The van der Waals surface area contributed by atoms with Gasteiger partial charge in [0.15, 0.2) is 5.82 Å². The molecule has 0 aliphatic heterocycles. The first kappa shape index (κ1) is 22.6. The minimum absolute atomic E-state index is 0.104. The van der Waals surface area contributed by atoms with Gasteiger partial charge < -0.3 is 15.2 Å². The molecule has 0 atom stereocenters. The van der Waals surface area contributed by atoms with Crippen LogP contribution in [0.5, 0.6) is 0 Å². The van der Waals surface area contributed by atoms with Crippen LogP contribution in [0.4, 0.5) is 5.69 Å². The fourth-order valence-electron chi connectivity index (χ4n) is 4.33. The van der Waals surface area contributed by atoms with Crippen LogP contribution in [0.25, 0.3) is 0 Å². The van der Waals surface area contributed by atoms with E-state index in [4.69, 9.17) is 4.52 Å². The Balaban J connectivity index is 1.38. The maximum Gasteiger partial charge on any atom is 0.227 e. The van der Waals surface area contributed by atoms with Crippen molar-refractivity contribution in [2.45, 2.75) is 70.4 Å². The third-order valence-electron chi connectivity index (χ3n) is 5.92. The van der Waals surface area contributed by atoms with Crippen LogP contribution >= 0.6 is 0 Å². The van der Waals surface area contributed by atoms with Crippen molar-refractivity contribution in [1.82, 2.24) is 30.2 Å². The number of carbonyl (C=O) groups excluding carboxylic acids is 2. The zero-order chi connectivity index (χ0) is 23.1. The Hall–Kier alpha value is -3.56. The van der Waals surface area contributed by atoms with Gasteiger partial charge in [-0.2, -0.15) is 10.1 Å². The van der Waals surface area contributed by atoms with Gasteiger partial charge in [0.2, 0.25) is 17.7 Å². The van der Waals surface area contributed by atoms with Gasteiger partial charge in [-0.05, 0) is 24.5 Å². The largest absolute Gasteiger partial charge is 0.343 e. The lowest BCUT2D eigenvalue weighted by Crippen LogP contribution is -2.45. The molecule has 0 unspecified atom stereocenters. The minimum Gasteiger partial charge on any atom is -0.343 e. The third kappa shape index (κ3) is 5.82. The summed E-state index contributed by atoms with van der Waals surface area (Å²) in [5.41, 5.74) is 1.07. The molecule has 10 nitrogen and oxygen atoms in total. The Kier molecular flexibility index (Phi) is 7.11. The number of aryl methyl sites for hydroxylation is 1. The van der Waals surface area contributed by atoms with E-state index in [2.05, 4.69) is 30.9 Å². The fourth-order valence-corrected chi connectivity index (χ4v) is 4.33. The summed E-state index contributed by atoms with van der Waals surface area (Å²) in [5, 5.41) is 14.3. The summed E-state index contributed by atoms with van der Waals surface area (Å²) in [5.74, 6) is 0.650. The normalized spacial score (nSPS) is 15.5. The average molecular weight is 452 g/mol. The minimum atomic E-state index is -0.591. The number of hydrogen-bond acceptors (Lipinski definition) is 7. The van der Waals surface area contributed by atoms with Gasteiger partial charge in [0.25, 0.3) is 0 Å². The standard InChI is InChI=1S/C23H29N7O3/c1-17(31)28-23(12-6-2-3-7-13-23)22-27-21(33-29-22)11-10-20(32)26-19-9-5-4-8-18(19)14-30-16-24-15-25-30/h4-5,8-9,15-16H,2-3,6-7,10-14H2,1H3,(H,26,32)(H,28,31). The molecule has 1 fully saturated rings. The highest BCUT2D eigenvalue weighted by molar-refractivity contribution is 5.91. The van der Waals surface area contributed by atoms with Crippen molar-refractivity contribution < 1.29 is 14.1 Å². The number of nitrogens with zero attached hydrogens (tertiary/aromatic N) is 5. The predicted octanol–water partition coefficient (Wildman–Crippen LogP) is 2.97. The first-order valence-electron chi connectivity index (χ1n) is 11.4. The van der Waals surface area contributed by atoms with Crippen LogP contribution in [-0.2, 0) is 28.1 Å². The predicted molar refractivity (Wildman–Crippen MR) is 120 cm³/mol. The number of aromatic nitrogens is 5. The quantitative estimate of drug-likeness (QED) is 0.504. The van der Waals surface area contributed by atoms with Gasteiger partial charge in [0.05, 0.1) is 6.54 Å². The van der Waals surface area contributed by atoms with E-state index in [0.717, 1.165) is 49.8 Å². The lowest BCUT2D eigenvalue weighted by atomic mass is 9.89. The highest BCUT2D eigenvalue weighted by Gasteiger charge is 2.38. The van der Waals surface area contributed by atoms with Crippen molar-refractivity contribution in [1.29, 1.82) is 0 Å². The second-order valence-electron chi connectivity index (χ2n) is 8.49. The smallest absolute Gasteiger partial charge is 0.227 e. The maximum absolute atomic E-state index is 12.6. The second-order valence-corrected chi connectivity index (χ2v) is 8.49. The summed E-state index contributed by atoms with van der Waals surface area (Å²) >= 11 is 0. The maximum atomic E-state index is 12.6. The molecule has 1 aliphatic carbocycles. The Labute approximate surface area is 192 Å². The molecule has 0 saturated heterocycles. The lowest BCUT2D eigenvalue weighted by Gasteiger charge is -2.30. The van der Waals surface area contributed by atoms with Gasteiger partial charge in [-0.25, -0.2) is 9.67 Å². The lowest BCUT2D eigenvalue weighted by molar-refractivity contribution is -0.121. The van der Waals surface area contributed by atoms with Gasteiger partial charge in [-0.1, -0.05) is 49.0 Å². The highest BCUT2D eigenvalue weighted by atomic mass is 16.5. The van der Waals surface area contributed by atoms with Gasteiger partial charge in [0.1, 0.15) is 18.2 Å². The monoisotopic (exact) mass is 451 g/mol. The first-order chi connectivity index (χ1) is 16.0.